The number of hydrogen-bond acceptors (Lipinski definition) is 3. The molecular formula is C20H30N2O3S. The first-order valence-corrected chi connectivity index (χ1v) is 11.1. The van der Waals surface area contributed by atoms with E-state index in [-0.39, 0.29) is 10.8 Å². The number of carbonyl (C=O) groups excluding carboxylic acids is 1. The second-order valence-electron chi connectivity index (χ2n) is 8.19. The Bertz CT molecular complexity index is 731. The molecule has 1 amide bonds. The highest BCUT2D eigenvalue weighted by Gasteiger charge is 2.33. The van der Waals surface area contributed by atoms with Gasteiger partial charge < -0.3 is 4.90 Å². The minimum absolute atomic E-state index is 0.0111. The molecule has 0 atom stereocenters. The van der Waals surface area contributed by atoms with Crippen LogP contribution in [0.3, 0.4) is 0 Å². The average molecular weight is 379 g/mol. The van der Waals surface area contributed by atoms with E-state index in [4.69, 9.17) is 0 Å². The van der Waals surface area contributed by atoms with Crippen molar-refractivity contribution in [1.29, 1.82) is 0 Å². The van der Waals surface area contributed by atoms with Crippen LogP contribution in [0.5, 0.6) is 0 Å². The summed E-state index contributed by atoms with van der Waals surface area (Å²) in [4.78, 5) is 15.1. The van der Waals surface area contributed by atoms with Crippen molar-refractivity contribution in [2.45, 2.75) is 57.4 Å². The Morgan fingerprint density at radius 1 is 1.12 bits per heavy atom. The highest BCUT2D eigenvalue weighted by molar-refractivity contribution is 7.89. The summed E-state index contributed by atoms with van der Waals surface area (Å²) in [6.07, 6.45) is 3.94. The van der Waals surface area contributed by atoms with E-state index in [1.165, 1.54) is 0 Å². The Kier molecular flexibility index (Phi) is 5.72. The van der Waals surface area contributed by atoms with E-state index in [0.717, 1.165) is 32.2 Å². The third-order valence-electron chi connectivity index (χ3n) is 5.29. The van der Waals surface area contributed by atoms with E-state index < -0.39 is 10.0 Å². The summed E-state index contributed by atoms with van der Waals surface area (Å²) in [6.45, 7) is 8.28. The summed E-state index contributed by atoms with van der Waals surface area (Å²) in [6, 6.07) is 6.85. The molecule has 1 aliphatic carbocycles. The first-order chi connectivity index (χ1) is 12.3. The zero-order valence-electron chi connectivity index (χ0n) is 16.0. The maximum absolute atomic E-state index is 12.8. The van der Waals surface area contributed by atoms with Gasteiger partial charge >= 0.3 is 0 Å². The standard InChI is InChI=1S/C20H30N2O3S/c1-15(2)14-22(18-6-7-18)20(23)17-4-8-19(9-5-17)26(24,25)21-12-10-16(3)11-13-21/h4-5,8-9,15-16,18H,6-7,10-14H2,1-3H3. The molecule has 144 valence electrons. The van der Waals surface area contributed by atoms with Crippen molar-refractivity contribution in [3.8, 4) is 0 Å². The highest BCUT2D eigenvalue weighted by atomic mass is 32.2. The van der Waals surface area contributed by atoms with Gasteiger partial charge in [0, 0.05) is 31.2 Å². The second-order valence-corrected chi connectivity index (χ2v) is 10.1. The number of hydrogen-bond donors (Lipinski definition) is 0. The Morgan fingerprint density at radius 2 is 1.69 bits per heavy atom. The van der Waals surface area contributed by atoms with Crippen LogP contribution < -0.4 is 0 Å². The summed E-state index contributed by atoms with van der Waals surface area (Å²) in [5, 5.41) is 0. The number of piperidine rings is 1. The lowest BCUT2D eigenvalue weighted by molar-refractivity contribution is 0.0722. The number of nitrogens with zero attached hydrogens (tertiary/aromatic N) is 2. The van der Waals surface area contributed by atoms with Crippen LogP contribution in [0.1, 0.15) is 56.8 Å². The van der Waals surface area contributed by atoms with Crippen LogP contribution in [0.15, 0.2) is 29.2 Å². The molecule has 0 aromatic heterocycles. The lowest BCUT2D eigenvalue weighted by Crippen LogP contribution is -2.38. The molecule has 2 fully saturated rings. The molecule has 0 bridgehead atoms. The summed E-state index contributed by atoms with van der Waals surface area (Å²) < 4.78 is 27.2. The van der Waals surface area contributed by atoms with E-state index in [9.17, 15) is 13.2 Å². The Morgan fingerprint density at radius 3 is 2.19 bits per heavy atom. The zero-order valence-corrected chi connectivity index (χ0v) is 16.8. The van der Waals surface area contributed by atoms with Gasteiger partial charge in [-0.3, -0.25) is 4.79 Å². The molecule has 5 nitrogen and oxygen atoms in total. The van der Waals surface area contributed by atoms with E-state index >= 15 is 0 Å². The molecule has 0 unspecified atom stereocenters. The minimum atomic E-state index is -3.46. The van der Waals surface area contributed by atoms with Gasteiger partial charge in [0.2, 0.25) is 10.0 Å². The van der Waals surface area contributed by atoms with Gasteiger partial charge in [-0.15, -0.1) is 0 Å². The maximum Gasteiger partial charge on any atom is 0.254 e. The molecule has 0 spiro atoms. The lowest BCUT2D eigenvalue weighted by atomic mass is 10.0. The largest absolute Gasteiger partial charge is 0.335 e. The molecule has 0 radical (unpaired) electrons. The van der Waals surface area contributed by atoms with Crippen molar-refractivity contribution in [1.82, 2.24) is 9.21 Å². The van der Waals surface area contributed by atoms with Crippen molar-refractivity contribution in [2.75, 3.05) is 19.6 Å². The topological polar surface area (TPSA) is 57.7 Å². The number of sulfonamides is 1. The normalized spacial score (nSPS) is 19.7. The van der Waals surface area contributed by atoms with Crippen LogP contribution in [-0.2, 0) is 10.0 Å². The fourth-order valence-electron chi connectivity index (χ4n) is 3.49. The molecule has 3 rings (SSSR count). The van der Waals surface area contributed by atoms with E-state index in [2.05, 4.69) is 20.8 Å². The summed E-state index contributed by atoms with van der Waals surface area (Å²) in [5.74, 6) is 1.01. The number of amides is 1. The van der Waals surface area contributed by atoms with Crippen molar-refractivity contribution >= 4 is 15.9 Å². The molecule has 1 aliphatic heterocycles. The predicted octanol–water partition coefficient (Wildman–Crippen LogP) is 3.37. The van der Waals surface area contributed by atoms with Gasteiger partial charge in [0.1, 0.15) is 0 Å². The fraction of sp³-hybridized carbons (Fsp3) is 0.650. The molecule has 1 aromatic carbocycles. The molecular weight excluding hydrogens is 348 g/mol. The van der Waals surface area contributed by atoms with Gasteiger partial charge in [0.05, 0.1) is 4.90 Å². The quantitative estimate of drug-likeness (QED) is 0.763. The molecule has 1 saturated carbocycles. The van der Waals surface area contributed by atoms with Gasteiger partial charge in [-0.1, -0.05) is 20.8 Å². The van der Waals surface area contributed by atoms with Crippen LogP contribution in [0.25, 0.3) is 0 Å². The second kappa shape index (κ2) is 7.69. The van der Waals surface area contributed by atoms with Gasteiger partial charge in [-0.2, -0.15) is 4.31 Å². The van der Waals surface area contributed by atoms with Crippen LogP contribution in [-0.4, -0.2) is 49.2 Å². The van der Waals surface area contributed by atoms with E-state index in [0.29, 0.717) is 36.5 Å². The fourth-order valence-corrected chi connectivity index (χ4v) is 4.96. The lowest BCUT2D eigenvalue weighted by Gasteiger charge is -2.29. The van der Waals surface area contributed by atoms with Gasteiger partial charge in [0.15, 0.2) is 0 Å². The molecule has 6 heteroatoms. The van der Waals surface area contributed by atoms with Crippen molar-refractivity contribution in [3.63, 3.8) is 0 Å². The first kappa shape index (κ1) is 19.4. The molecule has 2 aliphatic rings. The van der Waals surface area contributed by atoms with Crippen molar-refractivity contribution in [2.24, 2.45) is 11.8 Å². The average Bonchev–Trinajstić information content (AvgIpc) is 3.44. The minimum Gasteiger partial charge on any atom is -0.335 e. The number of rotatable bonds is 6. The smallest absolute Gasteiger partial charge is 0.254 e. The van der Waals surface area contributed by atoms with Gasteiger partial charge in [-0.25, -0.2) is 8.42 Å². The number of carbonyl (C=O) groups is 1. The monoisotopic (exact) mass is 378 g/mol. The molecule has 0 N–H and O–H groups in total. The van der Waals surface area contributed by atoms with Crippen LogP contribution in [0, 0.1) is 11.8 Å². The third-order valence-corrected chi connectivity index (χ3v) is 7.20. The molecule has 1 aromatic rings. The third kappa shape index (κ3) is 4.29. The molecule has 26 heavy (non-hydrogen) atoms. The molecule has 1 heterocycles. The van der Waals surface area contributed by atoms with Gasteiger partial charge in [-0.05, 0) is 61.8 Å². The summed E-state index contributed by atoms with van der Waals surface area (Å²) >= 11 is 0. The predicted molar refractivity (Wildman–Crippen MR) is 102 cm³/mol. The highest BCUT2D eigenvalue weighted by Crippen LogP contribution is 2.29. The Balaban J connectivity index is 1.74. The zero-order chi connectivity index (χ0) is 18.9. The van der Waals surface area contributed by atoms with Crippen LogP contribution >= 0.6 is 0 Å². The Hall–Kier alpha value is -1.40. The summed E-state index contributed by atoms with van der Waals surface area (Å²) in [5.41, 5.74) is 0.573. The van der Waals surface area contributed by atoms with E-state index in [1.807, 2.05) is 4.90 Å². The van der Waals surface area contributed by atoms with Gasteiger partial charge in [0.25, 0.3) is 5.91 Å². The first-order valence-electron chi connectivity index (χ1n) is 9.70. The van der Waals surface area contributed by atoms with Crippen molar-refractivity contribution < 1.29 is 13.2 Å². The SMILES string of the molecule is CC(C)CN(C(=O)c1ccc(S(=O)(=O)N2CCC(C)CC2)cc1)C1CC1. The summed E-state index contributed by atoms with van der Waals surface area (Å²) in [7, 11) is -3.46. The number of benzene rings is 1. The maximum atomic E-state index is 12.8. The van der Waals surface area contributed by atoms with E-state index in [1.54, 1.807) is 28.6 Å². The molecule has 1 saturated heterocycles. The van der Waals surface area contributed by atoms with Crippen LogP contribution in [0.2, 0.25) is 0 Å². The Labute approximate surface area is 157 Å². The van der Waals surface area contributed by atoms with Crippen molar-refractivity contribution in [3.05, 3.63) is 29.8 Å². The van der Waals surface area contributed by atoms with Crippen LogP contribution in [0.4, 0.5) is 0 Å².